The molecule has 0 aromatic heterocycles. The Bertz CT molecular complexity index is 674. The fraction of sp³-hybridized carbons (Fsp3) is 0.375. The van der Waals surface area contributed by atoms with Crippen LogP contribution in [-0.2, 0) is 9.59 Å². The van der Waals surface area contributed by atoms with Crippen molar-refractivity contribution in [3.8, 4) is 0 Å². The van der Waals surface area contributed by atoms with Crippen molar-refractivity contribution in [2.75, 3.05) is 11.9 Å². The van der Waals surface area contributed by atoms with E-state index < -0.39 is 18.0 Å². The van der Waals surface area contributed by atoms with Crippen LogP contribution in [0.15, 0.2) is 30.5 Å². The van der Waals surface area contributed by atoms with E-state index in [0.717, 1.165) is 6.20 Å². The molecule has 1 saturated heterocycles. The van der Waals surface area contributed by atoms with Crippen molar-refractivity contribution in [2.24, 2.45) is 0 Å². The number of likely N-dealkylation sites (tertiary alicyclic amines) is 1. The number of hydrogen-bond acceptors (Lipinski definition) is 3. The summed E-state index contributed by atoms with van der Waals surface area (Å²) >= 11 is 6.00. The zero-order valence-corrected chi connectivity index (χ0v) is 13.6. The summed E-state index contributed by atoms with van der Waals surface area (Å²) in [6.07, 6.45) is -2.27. The molecule has 1 atom stereocenters. The van der Waals surface area contributed by atoms with Crippen LogP contribution in [0.4, 0.5) is 18.9 Å². The van der Waals surface area contributed by atoms with Crippen LogP contribution in [0.25, 0.3) is 0 Å². The highest BCUT2D eigenvalue weighted by Gasteiger charge is 2.37. The van der Waals surface area contributed by atoms with Crippen LogP contribution in [-0.4, -0.2) is 35.4 Å². The number of allylic oxidation sites excluding steroid dienone is 1. The highest BCUT2D eigenvalue weighted by Crippen LogP contribution is 2.25. The maximum Gasteiger partial charge on any atom is 0.454 e. The molecule has 8 heteroatoms. The van der Waals surface area contributed by atoms with Gasteiger partial charge in [0.15, 0.2) is 0 Å². The van der Waals surface area contributed by atoms with Crippen molar-refractivity contribution in [3.63, 3.8) is 0 Å². The number of nitrogens with zero attached hydrogens (tertiary/aromatic N) is 1. The Morgan fingerprint density at radius 3 is 2.75 bits per heavy atom. The van der Waals surface area contributed by atoms with Crippen molar-refractivity contribution in [1.82, 2.24) is 4.90 Å². The third-order valence-corrected chi connectivity index (χ3v) is 4.23. The number of benzene rings is 1. The Hall–Kier alpha value is -2.02. The van der Waals surface area contributed by atoms with Crippen molar-refractivity contribution in [2.45, 2.75) is 32.0 Å². The van der Waals surface area contributed by atoms with Gasteiger partial charge in [-0.3, -0.25) is 9.59 Å². The third kappa shape index (κ3) is 4.29. The molecule has 1 N–H and O–H groups in total. The lowest BCUT2D eigenvalue weighted by atomic mass is 10.1. The van der Waals surface area contributed by atoms with Crippen LogP contribution in [0.1, 0.15) is 18.4 Å². The Morgan fingerprint density at radius 2 is 2.08 bits per heavy atom. The second-order valence-electron chi connectivity index (χ2n) is 5.48. The first-order valence-electron chi connectivity index (χ1n) is 7.31. The molecule has 0 bridgehead atoms. The fourth-order valence-electron chi connectivity index (χ4n) is 2.47. The predicted octanol–water partition coefficient (Wildman–Crippen LogP) is 3.70. The number of amides is 1. The molecule has 0 unspecified atom stereocenters. The number of anilines is 1. The van der Waals surface area contributed by atoms with Gasteiger partial charge in [0.2, 0.25) is 5.91 Å². The van der Waals surface area contributed by atoms with Gasteiger partial charge in [0.25, 0.3) is 5.78 Å². The second kappa shape index (κ2) is 7.25. The number of halogens is 4. The third-order valence-electron chi connectivity index (χ3n) is 3.82. The van der Waals surface area contributed by atoms with Crippen LogP contribution in [0.3, 0.4) is 0 Å². The normalized spacial score (nSPS) is 18.2. The predicted molar refractivity (Wildman–Crippen MR) is 84.7 cm³/mol. The molecule has 1 heterocycles. The lowest BCUT2D eigenvalue weighted by Crippen LogP contribution is -2.37. The smallest absolute Gasteiger partial charge is 0.365 e. The van der Waals surface area contributed by atoms with E-state index >= 15 is 0 Å². The van der Waals surface area contributed by atoms with Crippen LogP contribution in [0.2, 0.25) is 5.02 Å². The van der Waals surface area contributed by atoms with Crippen LogP contribution in [0, 0.1) is 6.92 Å². The van der Waals surface area contributed by atoms with E-state index in [0.29, 0.717) is 41.7 Å². The van der Waals surface area contributed by atoms with E-state index in [9.17, 15) is 22.8 Å². The summed E-state index contributed by atoms with van der Waals surface area (Å²) in [5.41, 5.74) is 1.26. The van der Waals surface area contributed by atoms with E-state index in [2.05, 4.69) is 5.32 Å². The summed E-state index contributed by atoms with van der Waals surface area (Å²) in [5, 5.41) is 3.24. The summed E-state index contributed by atoms with van der Waals surface area (Å²) in [6, 6.07) is 4.46. The van der Waals surface area contributed by atoms with Crippen LogP contribution in [0.5, 0.6) is 0 Å². The van der Waals surface area contributed by atoms with Crippen molar-refractivity contribution >= 4 is 29.0 Å². The molecule has 130 valence electrons. The lowest BCUT2D eigenvalue weighted by Gasteiger charge is -2.22. The molecule has 2 rings (SSSR count). The molecule has 1 aromatic carbocycles. The number of carbonyl (C=O) groups is 2. The van der Waals surface area contributed by atoms with Crippen LogP contribution < -0.4 is 5.32 Å². The van der Waals surface area contributed by atoms with Crippen molar-refractivity contribution in [1.29, 1.82) is 0 Å². The quantitative estimate of drug-likeness (QED) is 0.833. The largest absolute Gasteiger partial charge is 0.454 e. The Morgan fingerprint density at radius 1 is 1.38 bits per heavy atom. The van der Waals surface area contributed by atoms with Gasteiger partial charge in [-0.25, -0.2) is 0 Å². The molecule has 1 amide bonds. The number of hydrogen-bond donors (Lipinski definition) is 1. The maximum atomic E-state index is 12.4. The molecule has 1 fully saturated rings. The van der Waals surface area contributed by atoms with E-state index in [1.54, 1.807) is 25.1 Å². The molecule has 4 nitrogen and oxygen atoms in total. The van der Waals surface area contributed by atoms with E-state index in [4.69, 9.17) is 11.6 Å². The van der Waals surface area contributed by atoms with Gasteiger partial charge >= 0.3 is 6.18 Å². The zero-order chi connectivity index (χ0) is 17.9. The number of ketones is 1. The minimum Gasteiger partial charge on any atom is -0.365 e. The van der Waals surface area contributed by atoms with E-state index in [-0.39, 0.29) is 5.91 Å². The molecular weight excluding hydrogens is 345 g/mol. The Kier molecular flexibility index (Phi) is 5.54. The molecule has 1 aliphatic heterocycles. The summed E-state index contributed by atoms with van der Waals surface area (Å²) < 4.78 is 36.7. The molecule has 0 aliphatic carbocycles. The number of rotatable bonds is 4. The van der Waals surface area contributed by atoms with Gasteiger partial charge in [-0.05, 0) is 37.5 Å². The van der Waals surface area contributed by atoms with E-state index in [1.165, 1.54) is 4.90 Å². The topological polar surface area (TPSA) is 49.4 Å². The first-order valence-corrected chi connectivity index (χ1v) is 7.69. The monoisotopic (exact) mass is 360 g/mol. The molecule has 1 aromatic rings. The minimum atomic E-state index is -4.91. The van der Waals surface area contributed by atoms with Gasteiger partial charge < -0.3 is 10.2 Å². The minimum absolute atomic E-state index is 0.345. The fourth-order valence-corrected chi connectivity index (χ4v) is 2.64. The van der Waals surface area contributed by atoms with Crippen molar-refractivity contribution < 1.29 is 22.8 Å². The standard InChI is InChI=1S/C16H16ClF3N2O2/c1-10-11(17)4-2-5-12(10)21-15(24)13-6-3-8-22(13)9-7-14(23)16(18,19)20/h2,4-5,7,9,13H,3,6,8H2,1H3,(H,21,24)/b9-7+/t13-/m1/s1. The SMILES string of the molecule is Cc1c(Cl)cccc1NC(=O)[C@H]1CCCN1/C=C/C(=O)C(F)(F)F. The zero-order valence-electron chi connectivity index (χ0n) is 12.9. The molecule has 0 radical (unpaired) electrons. The summed E-state index contributed by atoms with van der Waals surface area (Å²) in [5.74, 6) is -2.29. The number of carbonyl (C=O) groups excluding carboxylic acids is 2. The highest BCUT2D eigenvalue weighted by molar-refractivity contribution is 6.31. The average molecular weight is 361 g/mol. The van der Waals surface area contributed by atoms with Gasteiger partial charge in [0.1, 0.15) is 6.04 Å². The van der Waals surface area contributed by atoms with Gasteiger partial charge in [0.05, 0.1) is 0 Å². The average Bonchev–Trinajstić information content (AvgIpc) is 2.97. The first kappa shape index (κ1) is 18.3. The Balaban J connectivity index is 2.07. The van der Waals surface area contributed by atoms with Crippen LogP contribution >= 0.6 is 11.6 Å². The van der Waals surface area contributed by atoms with E-state index in [1.807, 2.05) is 0 Å². The molecule has 1 aliphatic rings. The summed E-state index contributed by atoms with van der Waals surface area (Å²) in [7, 11) is 0. The second-order valence-corrected chi connectivity index (χ2v) is 5.88. The first-order chi connectivity index (χ1) is 11.2. The molecule has 0 saturated carbocycles. The lowest BCUT2D eigenvalue weighted by molar-refractivity contribution is -0.165. The Labute approximate surface area is 142 Å². The van der Waals surface area contributed by atoms with Crippen molar-refractivity contribution in [3.05, 3.63) is 41.1 Å². The van der Waals surface area contributed by atoms with Gasteiger partial charge in [0, 0.05) is 29.5 Å². The molecule has 24 heavy (non-hydrogen) atoms. The maximum absolute atomic E-state index is 12.4. The highest BCUT2D eigenvalue weighted by atomic mass is 35.5. The van der Waals surface area contributed by atoms with Gasteiger partial charge in [-0.1, -0.05) is 17.7 Å². The number of nitrogens with one attached hydrogen (secondary N) is 1. The summed E-state index contributed by atoms with van der Waals surface area (Å²) in [6.45, 7) is 2.17. The van der Waals surface area contributed by atoms with Gasteiger partial charge in [-0.2, -0.15) is 13.2 Å². The molecular formula is C16H16ClF3N2O2. The number of alkyl halides is 3. The summed E-state index contributed by atoms with van der Waals surface area (Å²) in [4.78, 5) is 24.8. The molecule has 0 spiro atoms. The van der Waals surface area contributed by atoms with Gasteiger partial charge in [-0.15, -0.1) is 0 Å².